The summed E-state index contributed by atoms with van der Waals surface area (Å²) in [4.78, 5) is 2.19. The lowest BCUT2D eigenvalue weighted by atomic mass is 10.0. The van der Waals surface area contributed by atoms with Gasteiger partial charge in [0.2, 0.25) is 0 Å². The molecule has 0 fully saturated rings. The van der Waals surface area contributed by atoms with Crippen LogP contribution >= 0.6 is 0 Å². The van der Waals surface area contributed by atoms with Gasteiger partial charge in [-0.25, -0.2) is 0 Å². The van der Waals surface area contributed by atoms with Gasteiger partial charge in [0.25, 0.3) is 0 Å². The van der Waals surface area contributed by atoms with E-state index in [1.807, 2.05) is 6.07 Å². The van der Waals surface area contributed by atoms with Crippen LogP contribution in [0, 0.1) is 5.92 Å². The molecule has 1 aliphatic heterocycles. The lowest BCUT2D eigenvalue weighted by Crippen LogP contribution is -2.38. The number of nitrogens with two attached hydrogens (primary N) is 1. The van der Waals surface area contributed by atoms with E-state index in [1.165, 1.54) is 11.1 Å². The third kappa shape index (κ3) is 2.98. The molecule has 0 saturated carbocycles. The predicted molar refractivity (Wildman–Crippen MR) is 72.0 cm³/mol. The van der Waals surface area contributed by atoms with Crippen molar-refractivity contribution in [3.8, 4) is 0 Å². The molecule has 0 aromatic heterocycles. The average molecular weight is 228 g/mol. The van der Waals surface area contributed by atoms with Crippen LogP contribution in [-0.4, -0.2) is 11.1 Å². The number of allylic oxidation sites excluding steroid dienone is 2. The molecule has 1 heterocycles. The topological polar surface area (TPSA) is 29.3 Å². The monoisotopic (exact) mass is 228 g/mol. The van der Waals surface area contributed by atoms with Crippen molar-refractivity contribution in [3.05, 3.63) is 59.8 Å². The summed E-state index contributed by atoms with van der Waals surface area (Å²) in [6.45, 7) is 5.27. The molecule has 2 rings (SSSR count). The first-order valence-corrected chi connectivity index (χ1v) is 6.12. The summed E-state index contributed by atoms with van der Waals surface area (Å²) >= 11 is 0. The second-order valence-electron chi connectivity index (χ2n) is 4.79. The molecule has 1 aliphatic rings. The van der Waals surface area contributed by atoms with Crippen LogP contribution in [0.2, 0.25) is 0 Å². The molecule has 2 N–H and O–H groups in total. The molecule has 0 saturated heterocycles. The van der Waals surface area contributed by atoms with Gasteiger partial charge in [-0.05, 0) is 23.1 Å². The van der Waals surface area contributed by atoms with E-state index in [1.54, 1.807) is 0 Å². The van der Waals surface area contributed by atoms with Gasteiger partial charge >= 0.3 is 0 Å². The van der Waals surface area contributed by atoms with Gasteiger partial charge in [0.1, 0.15) is 0 Å². The van der Waals surface area contributed by atoms with Gasteiger partial charge in [0.15, 0.2) is 0 Å². The van der Waals surface area contributed by atoms with Crippen molar-refractivity contribution in [2.24, 2.45) is 11.7 Å². The maximum atomic E-state index is 6.08. The summed E-state index contributed by atoms with van der Waals surface area (Å²) in [5.74, 6) is 0.539. The summed E-state index contributed by atoms with van der Waals surface area (Å²) in [6, 6.07) is 10.4. The Balaban J connectivity index is 2.12. The molecule has 2 heteroatoms. The molecule has 0 bridgehead atoms. The highest BCUT2D eigenvalue weighted by molar-refractivity contribution is 5.26. The van der Waals surface area contributed by atoms with Gasteiger partial charge in [-0.1, -0.05) is 50.3 Å². The fourth-order valence-electron chi connectivity index (χ4n) is 1.93. The zero-order chi connectivity index (χ0) is 12.3. The van der Waals surface area contributed by atoms with Crippen LogP contribution in [0.3, 0.4) is 0 Å². The minimum Gasteiger partial charge on any atom is -0.354 e. The molecule has 1 aromatic carbocycles. The third-order valence-electron chi connectivity index (χ3n) is 3.06. The largest absolute Gasteiger partial charge is 0.354 e. The van der Waals surface area contributed by atoms with E-state index < -0.39 is 0 Å². The third-order valence-corrected chi connectivity index (χ3v) is 3.06. The van der Waals surface area contributed by atoms with E-state index in [2.05, 4.69) is 61.4 Å². The van der Waals surface area contributed by atoms with Crippen molar-refractivity contribution in [1.29, 1.82) is 0 Å². The SMILES string of the molecule is CC(C)C1=CN(Cc2ccccc2)C(N)C=C1. The molecule has 1 atom stereocenters. The Morgan fingerprint density at radius 3 is 2.59 bits per heavy atom. The zero-order valence-electron chi connectivity index (χ0n) is 10.5. The molecule has 0 spiro atoms. The second kappa shape index (κ2) is 5.19. The Kier molecular flexibility index (Phi) is 3.64. The fourth-order valence-corrected chi connectivity index (χ4v) is 1.93. The normalized spacial score (nSPS) is 19.6. The van der Waals surface area contributed by atoms with Crippen LogP contribution in [0.1, 0.15) is 19.4 Å². The van der Waals surface area contributed by atoms with E-state index in [0.29, 0.717) is 5.92 Å². The van der Waals surface area contributed by atoms with Crippen molar-refractivity contribution < 1.29 is 0 Å². The van der Waals surface area contributed by atoms with E-state index in [4.69, 9.17) is 5.73 Å². The summed E-state index contributed by atoms with van der Waals surface area (Å²) < 4.78 is 0. The fraction of sp³-hybridized carbons (Fsp3) is 0.333. The van der Waals surface area contributed by atoms with Crippen LogP contribution in [0.25, 0.3) is 0 Å². The highest BCUT2D eigenvalue weighted by Gasteiger charge is 2.14. The van der Waals surface area contributed by atoms with Crippen LogP contribution in [0.5, 0.6) is 0 Å². The number of benzene rings is 1. The highest BCUT2D eigenvalue weighted by atomic mass is 15.2. The van der Waals surface area contributed by atoms with Gasteiger partial charge in [0, 0.05) is 12.7 Å². The van der Waals surface area contributed by atoms with Gasteiger partial charge in [-0.2, -0.15) is 0 Å². The lowest BCUT2D eigenvalue weighted by molar-refractivity contribution is 0.308. The Bertz CT molecular complexity index is 418. The molecule has 1 aromatic rings. The van der Waals surface area contributed by atoms with Gasteiger partial charge in [-0.15, -0.1) is 0 Å². The maximum absolute atomic E-state index is 6.08. The Morgan fingerprint density at radius 2 is 1.94 bits per heavy atom. The van der Waals surface area contributed by atoms with E-state index in [0.717, 1.165) is 6.54 Å². The zero-order valence-corrected chi connectivity index (χ0v) is 10.5. The molecular formula is C15H20N2. The Labute approximate surface area is 103 Å². The van der Waals surface area contributed by atoms with Gasteiger partial charge in [-0.3, -0.25) is 0 Å². The first-order chi connectivity index (χ1) is 8.16. The van der Waals surface area contributed by atoms with Crippen LogP contribution in [-0.2, 0) is 6.54 Å². The van der Waals surface area contributed by atoms with Crippen molar-refractivity contribution >= 4 is 0 Å². The lowest BCUT2D eigenvalue weighted by Gasteiger charge is -2.30. The first-order valence-electron chi connectivity index (χ1n) is 6.12. The molecular weight excluding hydrogens is 208 g/mol. The van der Waals surface area contributed by atoms with Crippen molar-refractivity contribution in [3.63, 3.8) is 0 Å². The summed E-state index contributed by atoms with van der Waals surface area (Å²) in [5, 5.41) is 0. The molecule has 90 valence electrons. The van der Waals surface area contributed by atoms with Gasteiger partial charge in [0.05, 0.1) is 6.17 Å². The highest BCUT2D eigenvalue weighted by Crippen LogP contribution is 2.19. The minimum absolute atomic E-state index is 0.0160. The number of rotatable bonds is 3. The molecule has 17 heavy (non-hydrogen) atoms. The number of hydrogen-bond acceptors (Lipinski definition) is 2. The van der Waals surface area contributed by atoms with E-state index in [9.17, 15) is 0 Å². The van der Waals surface area contributed by atoms with Crippen LogP contribution in [0.15, 0.2) is 54.3 Å². The van der Waals surface area contributed by atoms with Crippen molar-refractivity contribution in [2.75, 3.05) is 0 Å². The number of nitrogens with zero attached hydrogens (tertiary/aromatic N) is 1. The maximum Gasteiger partial charge on any atom is 0.0963 e. The predicted octanol–water partition coefficient (Wildman–Crippen LogP) is 2.88. The smallest absolute Gasteiger partial charge is 0.0963 e. The summed E-state index contributed by atoms with van der Waals surface area (Å²) in [5.41, 5.74) is 8.71. The summed E-state index contributed by atoms with van der Waals surface area (Å²) in [7, 11) is 0. The molecule has 0 amide bonds. The Hall–Kier alpha value is -1.54. The first kappa shape index (κ1) is 11.9. The minimum atomic E-state index is -0.0160. The summed E-state index contributed by atoms with van der Waals surface area (Å²) in [6.07, 6.45) is 6.37. The quantitative estimate of drug-likeness (QED) is 0.862. The van der Waals surface area contributed by atoms with E-state index >= 15 is 0 Å². The molecule has 1 unspecified atom stereocenters. The van der Waals surface area contributed by atoms with Crippen molar-refractivity contribution in [2.45, 2.75) is 26.6 Å². The Morgan fingerprint density at radius 1 is 1.24 bits per heavy atom. The molecule has 0 aliphatic carbocycles. The molecule has 0 radical (unpaired) electrons. The average Bonchev–Trinajstić information content (AvgIpc) is 2.33. The second-order valence-corrected chi connectivity index (χ2v) is 4.79. The van der Waals surface area contributed by atoms with Crippen molar-refractivity contribution in [1.82, 2.24) is 4.90 Å². The van der Waals surface area contributed by atoms with Gasteiger partial charge < -0.3 is 10.6 Å². The number of hydrogen-bond donors (Lipinski definition) is 1. The van der Waals surface area contributed by atoms with Crippen LogP contribution < -0.4 is 5.73 Å². The van der Waals surface area contributed by atoms with E-state index in [-0.39, 0.29) is 6.17 Å². The standard InChI is InChI=1S/C15H20N2/c1-12(2)14-8-9-15(16)17(11-14)10-13-6-4-3-5-7-13/h3-9,11-12,15H,10,16H2,1-2H3. The van der Waals surface area contributed by atoms with Crippen LogP contribution in [0.4, 0.5) is 0 Å². The molecule has 2 nitrogen and oxygen atoms in total.